The van der Waals surface area contributed by atoms with Crippen molar-refractivity contribution in [3.05, 3.63) is 53.2 Å². The van der Waals surface area contributed by atoms with Crippen molar-refractivity contribution in [2.75, 3.05) is 0 Å². The molecular weight excluding hydrogens is 230 g/mol. The van der Waals surface area contributed by atoms with Crippen LogP contribution in [-0.4, -0.2) is 10.9 Å². The van der Waals surface area contributed by atoms with Crippen molar-refractivity contribution in [3.8, 4) is 0 Å². The maximum atomic E-state index is 11.8. The SMILES string of the molecule is Cc1ccc(CNC(=O)c2cc(CN)ccn2)o1. The number of rotatable bonds is 4. The summed E-state index contributed by atoms with van der Waals surface area (Å²) in [5, 5.41) is 2.74. The van der Waals surface area contributed by atoms with Crippen LogP contribution in [-0.2, 0) is 13.1 Å². The molecule has 0 aliphatic rings. The first-order valence-electron chi connectivity index (χ1n) is 5.67. The highest BCUT2D eigenvalue weighted by Gasteiger charge is 2.08. The summed E-state index contributed by atoms with van der Waals surface area (Å²) < 4.78 is 5.36. The third-order valence-electron chi connectivity index (χ3n) is 2.51. The van der Waals surface area contributed by atoms with Crippen molar-refractivity contribution < 1.29 is 9.21 Å². The number of nitrogens with one attached hydrogen (secondary N) is 1. The lowest BCUT2D eigenvalue weighted by Gasteiger charge is -2.04. The Labute approximate surface area is 105 Å². The predicted molar refractivity (Wildman–Crippen MR) is 66.7 cm³/mol. The van der Waals surface area contributed by atoms with Crippen molar-refractivity contribution in [1.29, 1.82) is 0 Å². The molecule has 5 heteroatoms. The number of nitrogens with two attached hydrogens (primary N) is 1. The first kappa shape index (κ1) is 12.3. The molecule has 0 atom stereocenters. The number of carbonyl (C=O) groups is 1. The molecule has 0 aromatic carbocycles. The average Bonchev–Trinajstić information content (AvgIpc) is 2.82. The average molecular weight is 245 g/mol. The van der Waals surface area contributed by atoms with Gasteiger partial charge < -0.3 is 15.5 Å². The molecule has 0 spiro atoms. The standard InChI is InChI=1S/C13H15N3O2/c1-9-2-3-11(18-9)8-16-13(17)12-6-10(7-14)4-5-15-12/h2-6H,7-8,14H2,1H3,(H,16,17). The van der Waals surface area contributed by atoms with Crippen molar-refractivity contribution in [2.24, 2.45) is 5.73 Å². The van der Waals surface area contributed by atoms with E-state index in [1.54, 1.807) is 18.3 Å². The van der Waals surface area contributed by atoms with Gasteiger partial charge in [-0.3, -0.25) is 9.78 Å². The fourth-order valence-electron chi connectivity index (χ4n) is 1.56. The van der Waals surface area contributed by atoms with E-state index in [4.69, 9.17) is 10.2 Å². The number of pyridine rings is 1. The Balaban J connectivity index is 1.99. The van der Waals surface area contributed by atoms with Crippen LogP contribution >= 0.6 is 0 Å². The summed E-state index contributed by atoms with van der Waals surface area (Å²) in [6, 6.07) is 7.16. The predicted octanol–water partition coefficient (Wildman–Crippen LogP) is 1.37. The zero-order valence-corrected chi connectivity index (χ0v) is 10.1. The highest BCUT2D eigenvalue weighted by molar-refractivity contribution is 5.92. The number of hydrogen-bond acceptors (Lipinski definition) is 4. The van der Waals surface area contributed by atoms with E-state index >= 15 is 0 Å². The highest BCUT2D eigenvalue weighted by atomic mass is 16.3. The van der Waals surface area contributed by atoms with E-state index in [0.717, 1.165) is 17.1 Å². The molecule has 0 bridgehead atoms. The van der Waals surface area contributed by atoms with E-state index in [1.165, 1.54) is 0 Å². The third kappa shape index (κ3) is 2.95. The van der Waals surface area contributed by atoms with Gasteiger partial charge in [0, 0.05) is 12.7 Å². The van der Waals surface area contributed by atoms with E-state index in [9.17, 15) is 4.79 Å². The van der Waals surface area contributed by atoms with Crippen molar-refractivity contribution in [2.45, 2.75) is 20.0 Å². The number of amides is 1. The Morgan fingerprint density at radius 1 is 1.44 bits per heavy atom. The second-order valence-corrected chi connectivity index (χ2v) is 3.95. The van der Waals surface area contributed by atoms with Crippen LogP contribution in [0.15, 0.2) is 34.9 Å². The molecule has 3 N–H and O–H groups in total. The van der Waals surface area contributed by atoms with Gasteiger partial charge in [-0.25, -0.2) is 0 Å². The monoisotopic (exact) mass is 245 g/mol. The van der Waals surface area contributed by atoms with Crippen LogP contribution in [0, 0.1) is 6.92 Å². The molecular formula is C13H15N3O2. The third-order valence-corrected chi connectivity index (χ3v) is 2.51. The first-order valence-corrected chi connectivity index (χ1v) is 5.67. The van der Waals surface area contributed by atoms with Gasteiger partial charge in [0.1, 0.15) is 17.2 Å². The van der Waals surface area contributed by atoms with Crippen LogP contribution in [0.5, 0.6) is 0 Å². The molecule has 5 nitrogen and oxygen atoms in total. The quantitative estimate of drug-likeness (QED) is 0.852. The second kappa shape index (κ2) is 5.46. The first-order chi connectivity index (χ1) is 8.69. The maximum absolute atomic E-state index is 11.8. The van der Waals surface area contributed by atoms with Gasteiger partial charge in [0.05, 0.1) is 6.54 Å². The molecule has 0 aliphatic carbocycles. The molecule has 0 aliphatic heterocycles. The zero-order chi connectivity index (χ0) is 13.0. The van der Waals surface area contributed by atoms with E-state index in [1.807, 2.05) is 19.1 Å². The van der Waals surface area contributed by atoms with Crippen LogP contribution in [0.3, 0.4) is 0 Å². The lowest BCUT2D eigenvalue weighted by Crippen LogP contribution is -2.23. The lowest BCUT2D eigenvalue weighted by atomic mass is 10.2. The van der Waals surface area contributed by atoms with Crippen LogP contribution in [0.25, 0.3) is 0 Å². The van der Waals surface area contributed by atoms with Crippen LogP contribution < -0.4 is 11.1 Å². The molecule has 94 valence electrons. The number of aromatic nitrogens is 1. The van der Waals surface area contributed by atoms with Crippen molar-refractivity contribution >= 4 is 5.91 Å². The molecule has 0 fully saturated rings. The minimum atomic E-state index is -0.237. The smallest absolute Gasteiger partial charge is 0.270 e. The Bertz CT molecular complexity index is 549. The minimum Gasteiger partial charge on any atom is -0.465 e. The summed E-state index contributed by atoms with van der Waals surface area (Å²) in [6.07, 6.45) is 1.58. The Kier molecular flexibility index (Phi) is 3.74. The van der Waals surface area contributed by atoms with Gasteiger partial charge in [0.2, 0.25) is 0 Å². The van der Waals surface area contributed by atoms with Gasteiger partial charge in [-0.1, -0.05) is 0 Å². The van der Waals surface area contributed by atoms with Gasteiger partial charge in [-0.2, -0.15) is 0 Å². The molecule has 2 rings (SSSR count). The summed E-state index contributed by atoms with van der Waals surface area (Å²) >= 11 is 0. The number of hydrogen-bond donors (Lipinski definition) is 2. The van der Waals surface area contributed by atoms with Crippen molar-refractivity contribution in [1.82, 2.24) is 10.3 Å². The molecule has 0 unspecified atom stereocenters. The number of carbonyl (C=O) groups excluding carboxylic acids is 1. The van der Waals surface area contributed by atoms with Crippen LogP contribution in [0.2, 0.25) is 0 Å². The Morgan fingerprint density at radius 2 is 2.28 bits per heavy atom. The fourth-order valence-corrected chi connectivity index (χ4v) is 1.56. The van der Waals surface area contributed by atoms with Gasteiger partial charge in [-0.05, 0) is 36.8 Å². The van der Waals surface area contributed by atoms with Crippen LogP contribution in [0.4, 0.5) is 0 Å². The van der Waals surface area contributed by atoms with Gasteiger partial charge in [-0.15, -0.1) is 0 Å². The number of nitrogens with zero attached hydrogens (tertiary/aromatic N) is 1. The maximum Gasteiger partial charge on any atom is 0.270 e. The summed E-state index contributed by atoms with van der Waals surface area (Å²) in [5.41, 5.74) is 6.75. The molecule has 0 saturated carbocycles. The normalized spacial score (nSPS) is 10.3. The fraction of sp³-hybridized carbons (Fsp3) is 0.231. The summed E-state index contributed by atoms with van der Waals surface area (Å²) in [7, 11) is 0. The molecule has 2 heterocycles. The Morgan fingerprint density at radius 3 is 2.94 bits per heavy atom. The number of aryl methyl sites for hydroxylation is 1. The minimum absolute atomic E-state index is 0.237. The van der Waals surface area contributed by atoms with E-state index in [-0.39, 0.29) is 5.91 Å². The lowest BCUT2D eigenvalue weighted by molar-refractivity contribution is 0.0943. The van der Waals surface area contributed by atoms with E-state index < -0.39 is 0 Å². The summed E-state index contributed by atoms with van der Waals surface area (Å²) in [6.45, 7) is 2.60. The molecule has 1 amide bonds. The molecule has 2 aromatic heterocycles. The molecule has 2 aromatic rings. The molecule has 0 radical (unpaired) electrons. The molecule has 0 saturated heterocycles. The zero-order valence-electron chi connectivity index (χ0n) is 10.1. The number of furan rings is 1. The van der Waals surface area contributed by atoms with E-state index in [2.05, 4.69) is 10.3 Å². The van der Waals surface area contributed by atoms with Crippen molar-refractivity contribution in [3.63, 3.8) is 0 Å². The van der Waals surface area contributed by atoms with Gasteiger partial charge in [0.15, 0.2) is 0 Å². The summed E-state index contributed by atoms with van der Waals surface area (Å²) in [5.74, 6) is 1.30. The largest absolute Gasteiger partial charge is 0.465 e. The Hall–Kier alpha value is -2.14. The van der Waals surface area contributed by atoms with Gasteiger partial charge >= 0.3 is 0 Å². The van der Waals surface area contributed by atoms with E-state index in [0.29, 0.717) is 18.8 Å². The van der Waals surface area contributed by atoms with Crippen LogP contribution in [0.1, 0.15) is 27.6 Å². The second-order valence-electron chi connectivity index (χ2n) is 3.95. The summed E-state index contributed by atoms with van der Waals surface area (Å²) in [4.78, 5) is 15.8. The van der Waals surface area contributed by atoms with Gasteiger partial charge in [0.25, 0.3) is 5.91 Å². The highest BCUT2D eigenvalue weighted by Crippen LogP contribution is 2.06. The molecule has 18 heavy (non-hydrogen) atoms. The topological polar surface area (TPSA) is 81.2 Å².